The largest absolute Gasteiger partial charge is 0.209 e. The van der Waals surface area contributed by atoms with Crippen molar-refractivity contribution in [3.63, 3.8) is 0 Å². The molecule has 6 nitrogen and oxygen atoms in total. The van der Waals surface area contributed by atoms with Gasteiger partial charge in [-0.1, -0.05) is 196 Å². The van der Waals surface area contributed by atoms with Gasteiger partial charge >= 0.3 is 0 Å². The first-order valence-corrected chi connectivity index (χ1v) is 23.0. The third-order valence-corrected chi connectivity index (χ3v) is 12.7. The van der Waals surface area contributed by atoms with Crippen molar-refractivity contribution in [1.82, 2.24) is 29.9 Å². The Kier molecular flexibility index (Phi) is 11.9. The Balaban J connectivity index is 1.11. The highest BCUT2D eigenvalue weighted by atomic mass is 15.0. The van der Waals surface area contributed by atoms with Crippen LogP contribution in [0.5, 0.6) is 0 Å². The van der Waals surface area contributed by atoms with E-state index in [9.17, 15) is 0 Å². The molecule has 7 aromatic carbocycles. The maximum Gasteiger partial charge on any atom is 0.164 e. The fraction of sp³-hybridized carbons (Fsp3) is 0.115. The van der Waals surface area contributed by atoms with Crippen LogP contribution < -0.4 is 0 Å². The molecule has 6 heteroatoms. The summed E-state index contributed by atoms with van der Waals surface area (Å²) >= 11 is 0. The lowest BCUT2D eigenvalue weighted by atomic mass is 9.80. The molecule has 0 saturated heterocycles. The van der Waals surface area contributed by atoms with Gasteiger partial charge in [0.05, 0.1) is 0 Å². The highest BCUT2D eigenvalue weighted by Crippen LogP contribution is 2.46. The van der Waals surface area contributed by atoms with Gasteiger partial charge in [-0.25, -0.2) is 29.9 Å². The number of allylic oxidation sites excluding steroid dienone is 6. The van der Waals surface area contributed by atoms with Gasteiger partial charge in [0.15, 0.2) is 34.9 Å². The molecule has 0 amide bonds. The quantitative estimate of drug-likeness (QED) is 0.121. The predicted molar refractivity (Wildman–Crippen MR) is 278 cm³/mol. The standard InChI is InChI=1S/C61H50N6/c1-6-8-9-23-42(7-2)56-62-57(64-59(63-56)47-24-13-10-20-39(47)3)45-35-31-43(32-36-45)54-52-29-18-16-27-50(52)51-28-17-19-30-53(51)55(54)44-33-37-46(38-34-44)58-65-60(48-25-14-11-21-40(48)4)67-61(66-58)49-26-15-12-22-41(49)5/h6,8-18,20-29,31-38H,1,7,19,30H2,2-5H3/b9-8-,42-23+. The lowest BCUT2D eigenvalue weighted by Gasteiger charge is -2.24. The molecule has 0 saturated carbocycles. The van der Waals surface area contributed by atoms with Gasteiger partial charge < -0.3 is 0 Å². The summed E-state index contributed by atoms with van der Waals surface area (Å²) in [6, 6.07) is 51.2. The van der Waals surface area contributed by atoms with Gasteiger partial charge in [-0.05, 0) is 106 Å². The number of hydrogen-bond acceptors (Lipinski definition) is 6. The summed E-state index contributed by atoms with van der Waals surface area (Å²) in [5.41, 5.74) is 16.5. The minimum Gasteiger partial charge on any atom is -0.209 e. The zero-order valence-corrected chi connectivity index (χ0v) is 38.3. The third-order valence-electron chi connectivity index (χ3n) is 12.7. The number of rotatable bonds is 11. The Bertz CT molecular complexity index is 3370. The van der Waals surface area contributed by atoms with Crippen molar-refractivity contribution in [2.75, 3.05) is 0 Å². The smallest absolute Gasteiger partial charge is 0.164 e. The number of fused-ring (bicyclic) bond motifs is 3. The van der Waals surface area contributed by atoms with E-state index in [4.69, 9.17) is 29.9 Å². The molecule has 0 spiro atoms. The molecule has 0 N–H and O–H groups in total. The fourth-order valence-corrected chi connectivity index (χ4v) is 9.18. The molecule has 0 atom stereocenters. The summed E-state index contributed by atoms with van der Waals surface area (Å²) in [5.74, 6) is 3.91. The minimum absolute atomic E-state index is 0.632. The topological polar surface area (TPSA) is 77.3 Å². The van der Waals surface area contributed by atoms with E-state index in [-0.39, 0.29) is 0 Å². The zero-order chi connectivity index (χ0) is 45.9. The van der Waals surface area contributed by atoms with Crippen LogP contribution in [0.2, 0.25) is 0 Å². The molecule has 0 unspecified atom stereocenters. The number of nitrogens with zero attached hydrogens (tertiary/aromatic N) is 6. The summed E-state index contributed by atoms with van der Waals surface area (Å²) in [7, 11) is 0. The highest BCUT2D eigenvalue weighted by molar-refractivity contribution is 6.09. The van der Waals surface area contributed by atoms with E-state index in [1.807, 2.05) is 48.6 Å². The van der Waals surface area contributed by atoms with Gasteiger partial charge in [-0.2, -0.15) is 0 Å². The predicted octanol–water partition coefficient (Wildman–Crippen LogP) is 15.3. The molecule has 1 aliphatic rings. The zero-order valence-electron chi connectivity index (χ0n) is 38.3. The van der Waals surface area contributed by atoms with Gasteiger partial charge in [0, 0.05) is 27.8 Å². The van der Waals surface area contributed by atoms with Crippen LogP contribution in [-0.4, -0.2) is 29.9 Å². The van der Waals surface area contributed by atoms with Gasteiger partial charge in [0.25, 0.3) is 0 Å². The first-order valence-electron chi connectivity index (χ1n) is 23.0. The molecule has 0 bridgehead atoms. The van der Waals surface area contributed by atoms with Crippen LogP contribution in [0.25, 0.3) is 102 Å². The summed E-state index contributed by atoms with van der Waals surface area (Å²) in [6.45, 7) is 12.3. The van der Waals surface area contributed by atoms with Crippen molar-refractivity contribution >= 4 is 22.4 Å². The van der Waals surface area contributed by atoms with E-state index >= 15 is 0 Å². The first-order chi connectivity index (χ1) is 32.9. The van der Waals surface area contributed by atoms with E-state index in [2.05, 4.69) is 162 Å². The molecule has 1 aliphatic carbocycles. The minimum atomic E-state index is 0.632. The van der Waals surface area contributed by atoms with Crippen LogP contribution in [0.1, 0.15) is 53.4 Å². The van der Waals surface area contributed by atoms with Crippen LogP contribution in [0.4, 0.5) is 0 Å². The van der Waals surface area contributed by atoms with Crippen molar-refractivity contribution in [2.45, 2.75) is 47.0 Å². The molecular formula is C61H50N6. The van der Waals surface area contributed by atoms with Crippen LogP contribution in [-0.2, 0) is 6.42 Å². The summed E-state index contributed by atoms with van der Waals surface area (Å²) < 4.78 is 0. The Morgan fingerprint density at radius 3 is 1.48 bits per heavy atom. The van der Waals surface area contributed by atoms with E-state index in [0.717, 1.165) is 80.5 Å². The third kappa shape index (κ3) is 8.46. The van der Waals surface area contributed by atoms with Crippen molar-refractivity contribution < 1.29 is 0 Å². The van der Waals surface area contributed by atoms with Gasteiger partial charge in [0.1, 0.15) is 0 Å². The molecule has 0 radical (unpaired) electrons. The average Bonchev–Trinajstić information content (AvgIpc) is 3.37. The molecule has 0 fully saturated rings. The van der Waals surface area contributed by atoms with Gasteiger partial charge in [-0.3, -0.25) is 0 Å². The maximum atomic E-state index is 5.11. The van der Waals surface area contributed by atoms with Crippen molar-refractivity contribution in [3.05, 3.63) is 216 Å². The molecule has 67 heavy (non-hydrogen) atoms. The van der Waals surface area contributed by atoms with E-state index in [1.54, 1.807) is 6.08 Å². The van der Waals surface area contributed by atoms with E-state index < -0.39 is 0 Å². The van der Waals surface area contributed by atoms with Crippen molar-refractivity contribution in [2.24, 2.45) is 0 Å². The molecule has 9 aromatic rings. The van der Waals surface area contributed by atoms with Crippen molar-refractivity contribution in [3.8, 4) is 79.2 Å². The summed E-state index contributed by atoms with van der Waals surface area (Å²) in [5, 5.41) is 2.46. The van der Waals surface area contributed by atoms with Crippen molar-refractivity contribution in [1.29, 1.82) is 0 Å². The fourth-order valence-electron chi connectivity index (χ4n) is 9.18. The average molecular weight is 867 g/mol. The monoisotopic (exact) mass is 866 g/mol. The summed E-state index contributed by atoms with van der Waals surface area (Å²) in [4.78, 5) is 30.5. The van der Waals surface area contributed by atoms with E-state index in [0.29, 0.717) is 34.9 Å². The Morgan fingerprint density at radius 1 is 0.493 bits per heavy atom. The number of aromatic nitrogens is 6. The summed E-state index contributed by atoms with van der Waals surface area (Å²) in [6.07, 6.45) is 15.0. The SMILES string of the molecule is C=C/C=C\C=C(/CC)c1nc(-c2ccc(-c3c(-c4ccc(-c5nc(-c6ccccc6C)nc(-c6ccccc6C)n5)cc4)c4c(c5ccccc35)C=CCC4)cc2)nc(-c2ccccc2C)n1. The number of aryl methyl sites for hydroxylation is 3. The van der Waals surface area contributed by atoms with Crippen LogP contribution >= 0.6 is 0 Å². The Labute approximate surface area is 393 Å². The van der Waals surface area contributed by atoms with Crippen LogP contribution in [0.15, 0.2) is 183 Å². The molecule has 324 valence electrons. The molecule has 2 heterocycles. The molecule has 2 aromatic heterocycles. The Hall–Kier alpha value is -8.22. The number of benzene rings is 7. The number of hydrogen-bond donors (Lipinski definition) is 0. The van der Waals surface area contributed by atoms with E-state index in [1.165, 1.54) is 33.0 Å². The lowest BCUT2D eigenvalue weighted by Crippen LogP contribution is -2.04. The lowest BCUT2D eigenvalue weighted by molar-refractivity contribution is 0.992. The van der Waals surface area contributed by atoms with Gasteiger partial charge in [0.2, 0.25) is 0 Å². The van der Waals surface area contributed by atoms with Crippen LogP contribution in [0.3, 0.4) is 0 Å². The molecule has 10 rings (SSSR count). The second kappa shape index (κ2) is 18.7. The second-order valence-corrected chi connectivity index (χ2v) is 17.0. The first kappa shape index (κ1) is 42.7. The Morgan fingerprint density at radius 2 is 0.940 bits per heavy atom. The van der Waals surface area contributed by atoms with Crippen LogP contribution in [0, 0.1) is 20.8 Å². The molecule has 0 aliphatic heterocycles. The molecular weight excluding hydrogens is 817 g/mol. The maximum absolute atomic E-state index is 5.11. The van der Waals surface area contributed by atoms with Gasteiger partial charge in [-0.15, -0.1) is 0 Å². The normalized spacial score (nSPS) is 12.4. The second-order valence-electron chi connectivity index (χ2n) is 17.0. The highest BCUT2D eigenvalue weighted by Gasteiger charge is 2.23.